The zero-order chi connectivity index (χ0) is 13.5. The lowest BCUT2D eigenvalue weighted by Gasteiger charge is -2.32. The lowest BCUT2D eigenvalue weighted by molar-refractivity contribution is 0.288. The molecule has 1 aromatic rings. The van der Waals surface area contributed by atoms with E-state index in [0.717, 1.165) is 19.4 Å². The topological polar surface area (TPSA) is 49.5 Å². The number of aliphatic hydroxyl groups is 1. The van der Waals surface area contributed by atoms with E-state index in [2.05, 4.69) is 43.9 Å². The number of nitrogens with two attached hydrogens (primary N) is 1. The van der Waals surface area contributed by atoms with Crippen LogP contribution in [0.15, 0.2) is 24.3 Å². The van der Waals surface area contributed by atoms with Crippen LogP contribution in [0.25, 0.3) is 0 Å². The number of anilines is 1. The fourth-order valence-electron chi connectivity index (χ4n) is 2.18. The van der Waals surface area contributed by atoms with E-state index in [9.17, 15) is 0 Å². The molecule has 0 fully saturated rings. The Balaban J connectivity index is 3.03. The standard InChI is InChI=1S/C15H26N2O/c1-4-14(16)13-8-5-6-9-15(13)17(12(2)3)10-7-11-18/h5-6,8-9,12,14,18H,4,7,10-11,16H2,1-3H3/t14-/m1/s1. The largest absolute Gasteiger partial charge is 0.396 e. The molecule has 0 saturated carbocycles. The zero-order valence-corrected chi connectivity index (χ0v) is 11.8. The van der Waals surface area contributed by atoms with Crippen molar-refractivity contribution in [3.8, 4) is 0 Å². The summed E-state index contributed by atoms with van der Waals surface area (Å²) in [5, 5.41) is 9.02. The predicted octanol–water partition coefficient (Wildman–Crippen LogP) is 2.69. The highest BCUT2D eigenvalue weighted by molar-refractivity contribution is 5.55. The average Bonchev–Trinajstić information content (AvgIpc) is 2.38. The first-order valence-corrected chi connectivity index (χ1v) is 6.83. The number of rotatable bonds is 7. The molecule has 0 aromatic heterocycles. The Morgan fingerprint density at radius 1 is 1.28 bits per heavy atom. The third-order valence-corrected chi connectivity index (χ3v) is 3.27. The normalized spacial score (nSPS) is 12.8. The molecule has 3 N–H and O–H groups in total. The van der Waals surface area contributed by atoms with E-state index in [1.807, 2.05) is 6.07 Å². The van der Waals surface area contributed by atoms with Crippen molar-refractivity contribution in [3.05, 3.63) is 29.8 Å². The van der Waals surface area contributed by atoms with Crippen LogP contribution in [0, 0.1) is 0 Å². The second kappa shape index (κ2) is 7.39. The molecule has 0 amide bonds. The average molecular weight is 250 g/mol. The number of nitrogens with zero attached hydrogens (tertiary/aromatic N) is 1. The maximum atomic E-state index is 9.02. The summed E-state index contributed by atoms with van der Waals surface area (Å²) in [6.45, 7) is 7.54. The molecular formula is C15H26N2O. The number of benzene rings is 1. The fraction of sp³-hybridized carbons (Fsp3) is 0.600. The van der Waals surface area contributed by atoms with Gasteiger partial charge in [0.2, 0.25) is 0 Å². The molecule has 102 valence electrons. The summed E-state index contributed by atoms with van der Waals surface area (Å²) >= 11 is 0. The minimum absolute atomic E-state index is 0.0802. The van der Waals surface area contributed by atoms with E-state index < -0.39 is 0 Å². The summed E-state index contributed by atoms with van der Waals surface area (Å²) in [4.78, 5) is 2.32. The number of hydrogen-bond acceptors (Lipinski definition) is 3. The van der Waals surface area contributed by atoms with Crippen molar-refractivity contribution < 1.29 is 5.11 Å². The van der Waals surface area contributed by atoms with Crippen LogP contribution in [0.1, 0.15) is 45.2 Å². The van der Waals surface area contributed by atoms with E-state index in [1.54, 1.807) is 0 Å². The van der Waals surface area contributed by atoms with Gasteiger partial charge in [0.15, 0.2) is 0 Å². The molecule has 0 aliphatic carbocycles. The van der Waals surface area contributed by atoms with Gasteiger partial charge in [-0.1, -0.05) is 25.1 Å². The second-order valence-corrected chi connectivity index (χ2v) is 4.94. The summed E-state index contributed by atoms with van der Waals surface area (Å²) in [5.41, 5.74) is 8.59. The van der Waals surface area contributed by atoms with Crippen LogP contribution in [0.4, 0.5) is 5.69 Å². The maximum absolute atomic E-state index is 9.02. The van der Waals surface area contributed by atoms with Crippen molar-refractivity contribution in [1.82, 2.24) is 0 Å². The van der Waals surface area contributed by atoms with Gasteiger partial charge in [0, 0.05) is 30.9 Å². The van der Waals surface area contributed by atoms with Gasteiger partial charge in [-0.2, -0.15) is 0 Å². The van der Waals surface area contributed by atoms with Crippen LogP contribution >= 0.6 is 0 Å². The summed E-state index contributed by atoms with van der Waals surface area (Å²) in [5.74, 6) is 0. The third-order valence-electron chi connectivity index (χ3n) is 3.27. The molecule has 18 heavy (non-hydrogen) atoms. The number of para-hydroxylation sites is 1. The second-order valence-electron chi connectivity index (χ2n) is 4.94. The van der Waals surface area contributed by atoms with Gasteiger partial charge in [-0.25, -0.2) is 0 Å². The SMILES string of the molecule is CC[C@@H](N)c1ccccc1N(CCCO)C(C)C. The summed E-state index contributed by atoms with van der Waals surface area (Å²) < 4.78 is 0. The zero-order valence-electron chi connectivity index (χ0n) is 11.8. The van der Waals surface area contributed by atoms with Gasteiger partial charge in [0.05, 0.1) is 0 Å². The van der Waals surface area contributed by atoms with Gasteiger partial charge < -0.3 is 15.7 Å². The first-order valence-electron chi connectivity index (χ1n) is 6.83. The van der Waals surface area contributed by atoms with Crippen molar-refractivity contribution in [2.45, 2.75) is 45.7 Å². The number of hydrogen-bond donors (Lipinski definition) is 2. The summed E-state index contributed by atoms with van der Waals surface area (Å²) in [7, 11) is 0. The highest BCUT2D eigenvalue weighted by Gasteiger charge is 2.16. The van der Waals surface area contributed by atoms with Crippen molar-refractivity contribution >= 4 is 5.69 Å². The Kier molecular flexibility index (Phi) is 6.16. The molecule has 1 atom stereocenters. The fourth-order valence-corrected chi connectivity index (χ4v) is 2.18. The minimum Gasteiger partial charge on any atom is -0.396 e. The van der Waals surface area contributed by atoms with Crippen LogP contribution in [0.3, 0.4) is 0 Å². The Labute approximate surface area is 111 Å². The van der Waals surface area contributed by atoms with E-state index in [4.69, 9.17) is 10.8 Å². The van der Waals surface area contributed by atoms with Gasteiger partial charge in [0.25, 0.3) is 0 Å². The van der Waals surface area contributed by atoms with Crippen LogP contribution < -0.4 is 10.6 Å². The highest BCUT2D eigenvalue weighted by Crippen LogP contribution is 2.28. The van der Waals surface area contributed by atoms with E-state index in [0.29, 0.717) is 6.04 Å². The predicted molar refractivity (Wildman–Crippen MR) is 77.8 cm³/mol. The van der Waals surface area contributed by atoms with Crippen molar-refractivity contribution in [2.24, 2.45) is 5.73 Å². The van der Waals surface area contributed by atoms with Crippen LogP contribution in [-0.2, 0) is 0 Å². The molecule has 1 aromatic carbocycles. The van der Waals surface area contributed by atoms with E-state index >= 15 is 0 Å². The lowest BCUT2D eigenvalue weighted by atomic mass is 10.0. The van der Waals surface area contributed by atoms with Gasteiger partial charge in [-0.05, 0) is 38.3 Å². The molecule has 3 heteroatoms. The molecule has 0 aliphatic rings. The van der Waals surface area contributed by atoms with Crippen LogP contribution in [0.2, 0.25) is 0 Å². The lowest BCUT2D eigenvalue weighted by Crippen LogP contribution is -2.33. The Morgan fingerprint density at radius 2 is 1.94 bits per heavy atom. The first-order chi connectivity index (χ1) is 8.61. The Morgan fingerprint density at radius 3 is 2.50 bits per heavy atom. The van der Waals surface area contributed by atoms with Gasteiger partial charge >= 0.3 is 0 Å². The summed E-state index contributed by atoms with van der Waals surface area (Å²) in [6, 6.07) is 8.81. The van der Waals surface area contributed by atoms with E-state index in [-0.39, 0.29) is 12.6 Å². The van der Waals surface area contributed by atoms with Crippen molar-refractivity contribution in [2.75, 3.05) is 18.1 Å². The molecule has 0 aliphatic heterocycles. The van der Waals surface area contributed by atoms with Crippen molar-refractivity contribution in [3.63, 3.8) is 0 Å². The molecule has 0 spiro atoms. The molecular weight excluding hydrogens is 224 g/mol. The van der Waals surface area contributed by atoms with Crippen molar-refractivity contribution in [1.29, 1.82) is 0 Å². The van der Waals surface area contributed by atoms with Gasteiger partial charge in [-0.3, -0.25) is 0 Å². The Bertz CT molecular complexity index is 352. The molecule has 3 nitrogen and oxygen atoms in total. The Hall–Kier alpha value is -1.06. The maximum Gasteiger partial charge on any atom is 0.0447 e. The highest BCUT2D eigenvalue weighted by atomic mass is 16.3. The monoisotopic (exact) mass is 250 g/mol. The van der Waals surface area contributed by atoms with Crippen LogP contribution in [0.5, 0.6) is 0 Å². The molecule has 0 unspecified atom stereocenters. The van der Waals surface area contributed by atoms with Gasteiger partial charge in [0.1, 0.15) is 0 Å². The minimum atomic E-state index is 0.0802. The molecule has 0 radical (unpaired) electrons. The molecule has 0 heterocycles. The molecule has 0 bridgehead atoms. The number of aliphatic hydroxyl groups excluding tert-OH is 1. The summed E-state index contributed by atoms with van der Waals surface area (Å²) in [6.07, 6.45) is 1.72. The quantitative estimate of drug-likeness (QED) is 0.782. The van der Waals surface area contributed by atoms with Gasteiger partial charge in [-0.15, -0.1) is 0 Å². The molecule has 1 rings (SSSR count). The van der Waals surface area contributed by atoms with Crippen LogP contribution in [-0.4, -0.2) is 24.3 Å². The third kappa shape index (κ3) is 3.72. The first kappa shape index (κ1) is 15.0. The van der Waals surface area contributed by atoms with E-state index in [1.165, 1.54) is 11.3 Å². The molecule has 0 saturated heterocycles. The smallest absolute Gasteiger partial charge is 0.0447 e.